The molecule has 5 heteroatoms. The Kier molecular flexibility index (Phi) is 9.49. The van der Waals surface area contributed by atoms with Crippen molar-refractivity contribution in [2.75, 3.05) is 0 Å². The third-order valence-electron chi connectivity index (χ3n) is 14.4. The molecule has 13 aromatic rings. The van der Waals surface area contributed by atoms with Crippen LogP contribution in [0.3, 0.4) is 0 Å². The number of fused-ring (bicyclic) bond motifs is 9. The van der Waals surface area contributed by atoms with Gasteiger partial charge >= 0.3 is 0 Å². The Morgan fingerprint density at radius 2 is 1.00 bits per heavy atom. The van der Waals surface area contributed by atoms with Crippen LogP contribution >= 0.6 is 0 Å². The van der Waals surface area contributed by atoms with Crippen LogP contribution in [0, 0.1) is 5.92 Å². The molecule has 1 atom stereocenters. The van der Waals surface area contributed by atoms with E-state index in [1.165, 1.54) is 43.4 Å². The normalized spacial score (nSPS) is 13.5. The molecule has 1 aliphatic rings. The second-order valence-corrected chi connectivity index (χ2v) is 18.9. The van der Waals surface area contributed by atoms with E-state index in [2.05, 4.69) is 230 Å². The maximum Gasteiger partial charge on any atom is 0.164 e. The largest absolute Gasteiger partial charge is 0.456 e. The van der Waals surface area contributed by atoms with E-state index in [4.69, 9.17) is 19.4 Å². The number of rotatable bonds is 7. The van der Waals surface area contributed by atoms with Crippen LogP contribution in [0.2, 0.25) is 0 Å². The van der Waals surface area contributed by atoms with Crippen LogP contribution in [-0.2, 0) is 6.42 Å². The van der Waals surface area contributed by atoms with Gasteiger partial charge < -0.3 is 8.98 Å². The molecule has 0 amide bonds. The quantitative estimate of drug-likeness (QED) is 0.160. The first kappa shape index (κ1) is 40.8. The monoisotopic (exact) mass is 908 g/mol. The molecule has 3 heterocycles. The lowest BCUT2D eigenvalue weighted by atomic mass is 9.91. The van der Waals surface area contributed by atoms with Crippen LogP contribution in [0.15, 0.2) is 229 Å². The molecule has 14 rings (SSSR count). The molecule has 1 aliphatic carbocycles. The Balaban J connectivity index is 1.02. The van der Waals surface area contributed by atoms with Crippen molar-refractivity contribution in [3.05, 3.63) is 236 Å². The van der Waals surface area contributed by atoms with Gasteiger partial charge in [0.15, 0.2) is 17.5 Å². The lowest BCUT2D eigenvalue weighted by Crippen LogP contribution is -2.02. The zero-order chi connectivity index (χ0) is 47.0. The summed E-state index contributed by atoms with van der Waals surface area (Å²) in [6.07, 6.45) is 5.30. The van der Waals surface area contributed by atoms with Crippen molar-refractivity contribution in [1.29, 1.82) is 0 Å². The van der Waals surface area contributed by atoms with Crippen LogP contribution in [0.4, 0.5) is 0 Å². The predicted molar refractivity (Wildman–Crippen MR) is 293 cm³/mol. The summed E-state index contributed by atoms with van der Waals surface area (Å²) in [5.41, 5.74) is 14.9. The van der Waals surface area contributed by atoms with Gasteiger partial charge in [-0.25, -0.2) is 15.0 Å². The van der Waals surface area contributed by atoms with Gasteiger partial charge in [-0.1, -0.05) is 189 Å². The fraction of sp³-hybridized carbons (Fsp3) is 0.0455. The molecule has 1 unspecified atom stereocenters. The molecule has 0 fully saturated rings. The average Bonchev–Trinajstić information content (AvgIpc) is 3.97. The van der Waals surface area contributed by atoms with E-state index in [1.807, 2.05) is 12.1 Å². The topological polar surface area (TPSA) is 56.7 Å². The van der Waals surface area contributed by atoms with Gasteiger partial charge in [0, 0.05) is 49.5 Å². The molecule has 5 nitrogen and oxygen atoms in total. The van der Waals surface area contributed by atoms with Crippen molar-refractivity contribution in [3.8, 4) is 73.2 Å². The van der Waals surface area contributed by atoms with Gasteiger partial charge in [0.05, 0.1) is 11.0 Å². The standard InChI is InChI=1S/C66H44N4O/c1-41-20-34-61-58(36-41)59-38-51(30-35-62(59)71-61)56-40-52(70-60-39-50-18-9-8-17-49(50)37-57(60)54-32-29-46-16-10-11-19-53(46)63(54)70)31-33-55(56)66-68-64(47-25-21-44(22-26-47)42-12-4-2-5-13-42)67-65(69-66)48-27-23-45(24-28-48)43-14-6-3-7-15-43/h2-35,37-41H,36H2,1H3. The number of hydrogen-bond acceptors (Lipinski definition) is 4. The molecule has 0 radical (unpaired) electrons. The molecule has 334 valence electrons. The lowest BCUT2D eigenvalue weighted by Gasteiger charge is -2.16. The SMILES string of the molecule is CC1C=Cc2oc3ccc(-c4cc(-n5c6cc7ccccc7cc6c6ccc7ccccc7c65)ccc4-c4nc(-c5ccc(-c6ccccc6)cc5)nc(-c5ccc(-c6ccccc6)cc5)n4)cc3c2C1. The minimum Gasteiger partial charge on any atom is -0.456 e. The van der Waals surface area contributed by atoms with Gasteiger partial charge in [0.25, 0.3) is 0 Å². The first-order valence-corrected chi connectivity index (χ1v) is 24.4. The Bertz CT molecular complexity index is 4140. The first-order chi connectivity index (χ1) is 35.1. The highest BCUT2D eigenvalue weighted by Crippen LogP contribution is 2.43. The first-order valence-electron chi connectivity index (χ1n) is 24.4. The minimum absolute atomic E-state index is 0.414. The van der Waals surface area contributed by atoms with Crippen molar-refractivity contribution in [2.45, 2.75) is 13.3 Å². The predicted octanol–water partition coefficient (Wildman–Crippen LogP) is 17.2. The van der Waals surface area contributed by atoms with Crippen LogP contribution in [0.5, 0.6) is 0 Å². The number of hydrogen-bond donors (Lipinski definition) is 0. The van der Waals surface area contributed by atoms with E-state index < -0.39 is 0 Å². The third kappa shape index (κ3) is 7.04. The third-order valence-corrected chi connectivity index (χ3v) is 14.4. The Morgan fingerprint density at radius 1 is 0.423 bits per heavy atom. The molecular weight excluding hydrogens is 865 g/mol. The average molecular weight is 909 g/mol. The summed E-state index contributed by atoms with van der Waals surface area (Å²) in [6.45, 7) is 2.27. The van der Waals surface area contributed by atoms with E-state index in [0.29, 0.717) is 23.4 Å². The Labute approximate surface area is 410 Å². The maximum atomic E-state index is 6.48. The van der Waals surface area contributed by atoms with Gasteiger partial charge in [0.2, 0.25) is 0 Å². The van der Waals surface area contributed by atoms with E-state index in [-0.39, 0.29) is 0 Å². The molecule has 3 aromatic heterocycles. The highest BCUT2D eigenvalue weighted by atomic mass is 16.3. The van der Waals surface area contributed by atoms with E-state index >= 15 is 0 Å². The number of benzene rings is 10. The second kappa shape index (κ2) is 16.5. The number of aromatic nitrogens is 4. The molecule has 0 aliphatic heterocycles. The molecule has 0 saturated heterocycles. The number of allylic oxidation sites excluding steroid dienone is 1. The van der Waals surface area contributed by atoms with Gasteiger partial charge in [-0.05, 0) is 110 Å². The fourth-order valence-electron chi connectivity index (χ4n) is 10.8. The maximum absolute atomic E-state index is 6.48. The van der Waals surface area contributed by atoms with Crippen molar-refractivity contribution in [3.63, 3.8) is 0 Å². The van der Waals surface area contributed by atoms with Crippen LogP contribution in [0.1, 0.15) is 18.2 Å². The molecule has 0 bridgehead atoms. The molecule has 0 spiro atoms. The Morgan fingerprint density at radius 3 is 1.69 bits per heavy atom. The Hall–Kier alpha value is -9.19. The second-order valence-electron chi connectivity index (χ2n) is 18.9. The lowest BCUT2D eigenvalue weighted by molar-refractivity contribution is 0.584. The van der Waals surface area contributed by atoms with E-state index in [0.717, 1.165) is 84.4 Å². The van der Waals surface area contributed by atoms with Gasteiger partial charge in [0.1, 0.15) is 11.3 Å². The highest BCUT2D eigenvalue weighted by Gasteiger charge is 2.23. The summed E-state index contributed by atoms with van der Waals surface area (Å²) in [5, 5.41) is 8.38. The number of nitrogens with zero attached hydrogens (tertiary/aromatic N) is 4. The summed E-state index contributed by atoms with van der Waals surface area (Å²) in [7, 11) is 0. The smallest absolute Gasteiger partial charge is 0.164 e. The van der Waals surface area contributed by atoms with Gasteiger partial charge in [-0.15, -0.1) is 0 Å². The molecule has 71 heavy (non-hydrogen) atoms. The van der Waals surface area contributed by atoms with Gasteiger partial charge in [-0.2, -0.15) is 0 Å². The summed E-state index contributed by atoms with van der Waals surface area (Å²) in [5.74, 6) is 3.16. The molecular formula is C66H44N4O. The van der Waals surface area contributed by atoms with E-state index in [9.17, 15) is 0 Å². The van der Waals surface area contributed by atoms with Crippen molar-refractivity contribution < 1.29 is 4.42 Å². The van der Waals surface area contributed by atoms with Crippen molar-refractivity contribution in [1.82, 2.24) is 19.5 Å². The minimum atomic E-state index is 0.414. The summed E-state index contributed by atoms with van der Waals surface area (Å²) >= 11 is 0. The van der Waals surface area contributed by atoms with Crippen LogP contribution in [0.25, 0.3) is 134 Å². The van der Waals surface area contributed by atoms with Crippen LogP contribution < -0.4 is 0 Å². The molecule has 0 N–H and O–H groups in total. The molecule has 10 aromatic carbocycles. The highest BCUT2D eigenvalue weighted by molar-refractivity contribution is 6.20. The number of furan rings is 1. The van der Waals surface area contributed by atoms with Crippen molar-refractivity contribution >= 4 is 60.4 Å². The zero-order valence-corrected chi connectivity index (χ0v) is 38.9. The zero-order valence-electron chi connectivity index (χ0n) is 38.9. The van der Waals surface area contributed by atoms with E-state index in [1.54, 1.807) is 0 Å². The summed E-state index contributed by atoms with van der Waals surface area (Å²) in [6, 6.07) is 78.1. The summed E-state index contributed by atoms with van der Waals surface area (Å²) in [4.78, 5) is 16.0. The van der Waals surface area contributed by atoms with Gasteiger partial charge in [-0.3, -0.25) is 0 Å². The van der Waals surface area contributed by atoms with Crippen molar-refractivity contribution in [2.24, 2.45) is 5.92 Å². The summed E-state index contributed by atoms with van der Waals surface area (Å²) < 4.78 is 8.94. The molecule has 0 saturated carbocycles. The van der Waals surface area contributed by atoms with Crippen LogP contribution in [-0.4, -0.2) is 19.5 Å². The fourth-order valence-corrected chi connectivity index (χ4v) is 10.8.